The van der Waals surface area contributed by atoms with Crippen molar-refractivity contribution in [3.8, 4) is 5.75 Å². The van der Waals surface area contributed by atoms with Gasteiger partial charge >= 0.3 is 5.97 Å². The number of ether oxygens (including phenoxy) is 2. The van der Waals surface area contributed by atoms with E-state index in [0.717, 1.165) is 11.3 Å². The maximum atomic E-state index is 12.5. The van der Waals surface area contributed by atoms with Gasteiger partial charge in [-0.05, 0) is 37.6 Å². The van der Waals surface area contributed by atoms with Crippen molar-refractivity contribution in [2.45, 2.75) is 19.9 Å². The average Bonchev–Trinajstić information content (AvgIpc) is 2.82. The summed E-state index contributed by atoms with van der Waals surface area (Å²) in [6.07, 6.45) is 1.75. The summed E-state index contributed by atoms with van der Waals surface area (Å²) >= 11 is 6.39. The number of methoxy groups -OCH3 is 1. The van der Waals surface area contributed by atoms with Crippen molar-refractivity contribution in [2.24, 2.45) is 0 Å². The van der Waals surface area contributed by atoms with Crippen molar-refractivity contribution >= 4 is 46.3 Å². The highest BCUT2D eigenvalue weighted by molar-refractivity contribution is 8.26. The molecule has 5 nitrogen and oxygen atoms in total. The van der Waals surface area contributed by atoms with Gasteiger partial charge in [0.15, 0.2) is 0 Å². The quantitative estimate of drug-likeness (QED) is 0.462. The molecule has 1 amide bonds. The van der Waals surface area contributed by atoms with E-state index in [2.05, 4.69) is 4.74 Å². The van der Waals surface area contributed by atoms with Gasteiger partial charge in [0, 0.05) is 0 Å². The lowest BCUT2D eigenvalue weighted by Gasteiger charge is -2.20. The number of amides is 1. The molecule has 1 heterocycles. The molecular weight excluding hydrogens is 334 g/mol. The molecule has 1 atom stereocenters. The van der Waals surface area contributed by atoms with Crippen molar-refractivity contribution in [3.05, 3.63) is 34.7 Å². The van der Waals surface area contributed by atoms with Crippen LogP contribution < -0.4 is 4.74 Å². The lowest BCUT2D eigenvalue weighted by Crippen LogP contribution is -2.42. The fraction of sp³-hybridized carbons (Fsp3) is 0.312. The Morgan fingerprint density at radius 2 is 2.04 bits per heavy atom. The molecule has 122 valence electrons. The lowest BCUT2D eigenvalue weighted by atomic mass is 10.2. The molecule has 0 aromatic heterocycles. The van der Waals surface area contributed by atoms with Crippen LogP contribution in [0.3, 0.4) is 0 Å². The smallest absolute Gasteiger partial charge is 0.328 e. The number of esters is 1. The van der Waals surface area contributed by atoms with Crippen LogP contribution in [-0.2, 0) is 14.3 Å². The van der Waals surface area contributed by atoms with Gasteiger partial charge in [0.25, 0.3) is 5.91 Å². The molecule has 0 unspecified atom stereocenters. The van der Waals surface area contributed by atoms with E-state index in [9.17, 15) is 9.59 Å². The first-order valence-corrected chi connectivity index (χ1v) is 8.28. The summed E-state index contributed by atoms with van der Waals surface area (Å²) in [5.41, 5.74) is 0.861. The average molecular weight is 351 g/mol. The number of hydrogen-bond donors (Lipinski definition) is 0. The molecule has 0 aliphatic carbocycles. The van der Waals surface area contributed by atoms with Gasteiger partial charge in [-0.3, -0.25) is 9.69 Å². The zero-order valence-corrected chi connectivity index (χ0v) is 14.7. The molecule has 0 bridgehead atoms. The van der Waals surface area contributed by atoms with Crippen LogP contribution in [0.1, 0.15) is 19.4 Å². The maximum Gasteiger partial charge on any atom is 0.328 e. The summed E-state index contributed by atoms with van der Waals surface area (Å²) in [6, 6.07) is 6.67. The number of thioether (sulfide) groups is 1. The van der Waals surface area contributed by atoms with Crippen molar-refractivity contribution in [1.82, 2.24) is 4.90 Å². The molecule has 0 spiro atoms. The third-order valence-corrected chi connectivity index (χ3v) is 4.57. The number of thiocarbonyl (C=S) groups is 1. The number of rotatable bonds is 5. The molecule has 1 aromatic rings. The van der Waals surface area contributed by atoms with Gasteiger partial charge in [0.1, 0.15) is 16.1 Å². The molecule has 0 saturated carbocycles. The second-order valence-electron chi connectivity index (χ2n) is 4.75. The Hall–Kier alpha value is -1.86. The monoisotopic (exact) mass is 351 g/mol. The van der Waals surface area contributed by atoms with Crippen LogP contribution in [0.4, 0.5) is 0 Å². The summed E-state index contributed by atoms with van der Waals surface area (Å²) in [4.78, 5) is 25.9. The number of carbonyl (C=O) groups is 2. The van der Waals surface area contributed by atoms with E-state index in [0.29, 0.717) is 15.8 Å². The summed E-state index contributed by atoms with van der Waals surface area (Å²) in [6.45, 7) is 4.11. The predicted octanol–water partition coefficient (Wildman–Crippen LogP) is 2.85. The van der Waals surface area contributed by atoms with Gasteiger partial charge in [-0.15, -0.1) is 0 Å². The lowest BCUT2D eigenvalue weighted by molar-refractivity contribution is -0.147. The van der Waals surface area contributed by atoms with Crippen LogP contribution in [0, 0.1) is 0 Å². The highest BCUT2D eigenvalue weighted by Gasteiger charge is 2.38. The minimum atomic E-state index is -0.737. The summed E-state index contributed by atoms with van der Waals surface area (Å²) in [7, 11) is 1.28. The van der Waals surface area contributed by atoms with E-state index in [1.807, 2.05) is 31.2 Å². The Morgan fingerprint density at radius 1 is 1.39 bits per heavy atom. The third-order valence-electron chi connectivity index (χ3n) is 3.24. The molecule has 2 rings (SSSR count). The van der Waals surface area contributed by atoms with Crippen LogP contribution in [0.5, 0.6) is 5.75 Å². The molecule has 1 saturated heterocycles. The maximum absolute atomic E-state index is 12.5. The zero-order valence-electron chi connectivity index (χ0n) is 13.1. The van der Waals surface area contributed by atoms with Crippen LogP contribution in [0.2, 0.25) is 0 Å². The van der Waals surface area contributed by atoms with Crippen LogP contribution in [0.25, 0.3) is 6.08 Å². The highest BCUT2D eigenvalue weighted by Crippen LogP contribution is 2.34. The normalized spacial score (nSPS) is 17.5. The van der Waals surface area contributed by atoms with E-state index >= 15 is 0 Å². The molecule has 1 fully saturated rings. The fourth-order valence-corrected chi connectivity index (χ4v) is 3.49. The molecular formula is C16H17NO4S2. The number of carbonyl (C=O) groups excluding carboxylic acids is 2. The second kappa shape index (κ2) is 7.61. The highest BCUT2D eigenvalue weighted by atomic mass is 32.2. The van der Waals surface area contributed by atoms with Gasteiger partial charge in [0.2, 0.25) is 0 Å². The topological polar surface area (TPSA) is 55.8 Å². The first kappa shape index (κ1) is 17.5. The third kappa shape index (κ3) is 3.92. The first-order valence-electron chi connectivity index (χ1n) is 7.05. The Bertz CT molecular complexity index is 655. The Balaban J connectivity index is 2.19. The predicted molar refractivity (Wildman–Crippen MR) is 94.1 cm³/mol. The molecule has 1 aliphatic heterocycles. The first-order chi connectivity index (χ1) is 11.0. The van der Waals surface area contributed by atoms with Crippen molar-refractivity contribution in [2.75, 3.05) is 13.7 Å². The summed E-state index contributed by atoms with van der Waals surface area (Å²) in [5, 5.41) is 0. The standard InChI is InChI=1S/C16H17NO4S2/c1-4-21-12-7-5-11(6-8-12)9-13-14(18)17(16(22)23-13)10(2)15(19)20-3/h5-10H,4H2,1-3H3/b13-9+/t10-/m1/s1. The number of nitrogens with zero attached hydrogens (tertiary/aromatic N) is 1. The summed E-state index contributed by atoms with van der Waals surface area (Å²) < 4.78 is 10.4. The van der Waals surface area contributed by atoms with E-state index in [-0.39, 0.29) is 5.91 Å². The minimum Gasteiger partial charge on any atom is -0.494 e. The summed E-state index contributed by atoms with van der Waals surface area (Å²) in [5.74, 6) is -0.00749. The van der Waals surface area contributed by atoms with Crippen molar-refractivity contribution in [3.63, 3.8) is 0 Å². The van der Waals surface area contributed by atoms with Gasteiger partial charge in [-0.1, -0.05) is 36.1 Å². The molecule has 23 heavy (non-hydrogen) atoms. The Kier molecular flexibility index (Phi) is 5.79. The fourth-order valence-electron chi connectivity index (χ4n) is 2.07. The van der Waals surface area contributed by atoms with Crippen molar-refractivity contribution in [1.29, 1.82) is 0 Å². The molecule has 7 heteroatoms. The largest absolute Gasteiger partial charge is 0.494 e. The van der Waals surface area contributed by atoms with E-state index in [1.165, 1.54) is 23.8 Å². The van der Waals surface area contributed by atoms with E-state index < -0.39 is 12.0 Å². The second-order valence-corrected chi connectivity index (χ2v) is 6.43. The van der Waals surface area contributed by atoms with Crippen molar-refractivity contribution < 1.29 is 19.1 Å². The zero-order chi connectivity index (χ0) is 17.0. The minimum absolute atomic E-state index is 0.285. The van der Waals surface area contributed by atoms with E-state index in [1.54, 1.807) is 13.0 Å². The SMILES string of the molecule is CCOc1ccc(/C=C2/SC(=S)N([C@H](C)C(=O)OC)C2=O)cc1. The molecule has 0 N–H and O–H groups in total. The number of hydrogen-bond acceptors (Lipinski definition) is 6. The van der Waals surface area contributed by atoms with Crippen LogP contribution >= 0.6 is 24.0 Å². The van der Waals surface area contributed by atoms with Gasteiger partial charge in [-0.25, -0.2) is 4.79 Å². The van der Waals surface area contributed by atoms with Gasteiger partial charge in [0.05, 0.1) is 18.6 Å². The molecule has 1 aromatic carbocycles. The Morgan fingerprint density at radius 3 is 2.61 bits per heavy atom. The van der Waals surface area contributed by atoms with Gasteiger partial charge in [-0.2, -0.15) is 0 Å². The van der Waals surface area contributed by atoms with E-state index in [4.69, 9.17) is 17.0 Å². The molecule has 1 aliphatic rings. The van der Waals surface area contributed by atoms with Crippen LogP contribution in [-0.4, -0.2) is 40.9 Å². The van der Waals surface area contributed by atoms with Gasteiger partial charge < -0.3 is 9.47 Å². The number of benzene rings is 1. The molecule has 0 radical (unpaired) electrons. The van der Waals surface area contributed by atoms with Crippen LogP contribution in [0.15, 0.2) is 29.2 Å². The Labute approximate surface area is 144 Å².